The van der Waals surface area contributed by atoms with Crippen molar-refractivity contribution in [1.82, 2.24) is 5.32 Å². The summed E-state index contributed by atoms with van der Waals surface area (Å²) in [6, 6.07) is 5.83. The van der Waals surface area contributed by atoms with E-state index in [-0.39, 0.29) is 24.2 Å². The number of carbonyl (C=O) groups is 1. The predicted molar refractivity (Wildman–Crippen MR) is 68.5 cm³/mol. The van der Waals surface area contributed by atoms with Crippen LogP contribution in [0.15, 0.2) is 24.3 Å². The molecule has 1 aromatic rings. The van der Waals surface area contributed by atoms with E-state index >= 15 is 0 Å². The highest BCUT2D eigenvalue weighted by Gasteiger charge is 2.11. The molecule has 0 spiro atoms. The molecule has 1 amide bonds. The summed E-state index contributed by atoms with van der Waals surface area (Å²) in [5.41, 5.74) is 0.632. The highest BCUT2D eigenvalue weighted by molar-refractivity contribution is 5.76. The summed E-state index contributed by atoms with van der Waals surface area (Å²) in [5.74, 6) is -0.397. The Morgan fingerprint density at radius 2 is 2.00 bits per heavy atom. The Hall–Kier alpha value is -1.42. The second-order valence-corrected chi connectivity index (χ2v) is 4.48. The van der Waals surface area contributed by atoms with Gasteiger partial charge in [-0.05, 0) is 37.5 Å². The number of nitrogens with one attached hydrogen (secondary N) is 1. The summed E-state index contributed by atoms with van der Waals surface area (Å²) >= 11 is 0. The van der Waals surface area contributed by atoms with E-state index < -0.39 is 6.10 Å². The molecule has 0 heterocycles. The molecule has 18 heavy (non-hydrogen) atoms. The van der Waals surface area contributed by atoms with Crippen molar-refractivity contribution in [2.45, 2.75) is 45.3 Å². The van der Waals surface area contributed by atoms with E-state index in [9.17, 15) is 14.3 Å². The van der Waals surface area contributed by atoms with Crippen molar-refractivity contribution < 1.29 is 14.3 Å². The van der Waals surface area contributed by atoms with Gasteiger partial charge in [0, 0.05) is 12.5 Å². The second-order valence-electron chi connectivity index (χ2n) is 4.48. The maximum Gasteiger partial charge on any atom is 0.220 e. The normalized spacial score (nSPS) is 14.0. The molecule has 3 nitrogen and oxygen atoms in total. The van der Waals surface area contributed by atoms with E-state index in [0.29, 0.717) is 12.0 Å². The van der Waals surface area contributed by atoms with Gasteiger partial charge in [-0.15, -0.1) is 0 Å². The van der Waals surface area contributed by atoms with E-state index in [1.54, 1.807) is 0 Å². The molecule has 0 aliphatic rings. The third-order valence-electron chi connectivity index (χ3n) is 2.92. The van der Waals surface area contributed by atoms with Gasteiger partial charge in [0.05, 0.1) is 6.10 Å². The zero-order chi connectivity index (χ0) is 13.5. The minimum Gasteiger partial charge on any atom is -0.388 e. The van der Waals surface area contributed by atoms with Crippen LogP contribution in [0, 0.1) is 5.82 Å². The molecule has 0 saturated carbocycles. The van der Waals surface area contributed by atoms with Crippen molar-refractivity contribution in [1.29, 1.82) is 0 Å². The zero-order valence-electron chi connectivity index (χ0n) is 10.8. The van der Waals surface area contributed by atoms with Crippen LogP contribution in [0.25, 0.3) is 0 Å². The number of benzene rings is 1. The SMILES string of the molecule is CCC(C)NC(=O)CCC(O)c1ccc(F)cc1. The first-order chi connectivity index (χ1) is 8.52. The van der Waals surface area contributed by atoms with Gasteiger partial charge >= 0.3 is 0 Å². The number of aliphatic hydroxyl groups excluding tert-OH is 1. The van der Waals surface area contributed by atoms with Crippen LogP contribution in [0.4, 0.5) is 4.39 Å². The molecule has 0 fully saturated rings. The molecule has 0 aliphatic carbocycles. The maximum atomic E-state index is 12.7. The lowest BCUT2D eigenvalue weighted by atomic mass is 10.0. The minimum absolute atomic E-state index is 0.0643. The number of rotatable bonds is 6. The van der Waals surface area contributed by atoms with Crippen LogP contribution in [0.1, 0.15) is 44.8 Å². The second kappa shape index (κ2) is 7.11. The molecule has 2 atom stereocenters. The number of carbonyl (C=O) groups excluding carboxylic acids is 1. The Bertz CT molecular complexity index is 378. The molecule has 0 bridgehead atoms. The van der Waals surface area contributed by atoms with Gasteiger partial charge in [0.1, 0.15) is 5.82 Å². The average Bonchev–Trinajstić information content (AvgIpc) is 2.36. The van der Waals surface area contributed by atoms with Crippen LogP contribution in [-0.4, -0.2) is 17.1 Å². The van der Waals surface area contributed by atoms with Crippen LogP contribution >= 0.6 is 0 Å². The summed E-state index contributed by atoms with van der Waals surface area (Å²) in [7, 11) is 0. The average molecular weight is 253 g/mol. The summed E-state index contributed by atoms with van der Waals surface area (Å²) in [4.78, 5) is 11.5. The number of aliphatic hydroxyl groups is 1. The Labute approximate surface area is 107 Å². The van der Waals surface area contributed by atoms with Gasteiger partial charge in [0.15, 0.2) is 0 Å². The van der Waals surface area contributed by atoms with Crippen molar-refractivity contribution in [2.75, 3.05) is 0 Å². The lowest BCUT2D eigenvalue weighted by Crippen LogP contribution is -2.31. The van der Waals surface area contributed by atoms with Crippen molar-refractivity contribution in [3.05, 3.63) is 35.6 Å². The first-order valence-electron chi connectivity index (χ1n) is 6.25. The van der Waals surface area contributed by atoms with E-state index in [0.717, 1.165) is 6.42 Å². The molecule has 0 saturated heterocycles. The van der Waals surface area contributed by atoms with Crippen LogP contribution in [0.2, 0.25) is 0 Å². The molecular formula is C14H20FNO2. The quantitative estimate of drug-likeness (QED) is 0.818. The molecule has 1 rings (SSSR count). The lowest BCUT2D eigenvalue weighted by Gasteiger charge is -2.13. The standard InChI is InChI=1S/C14H20FNO2/c1-3-10(2)16-14(18)9-8-13(17)11-4-6-12(15)7-5-11/h4-7,10,13,17H,3,8-9H2,1-2H3,(H,16,18). The van der Waals surface area contributed by atoms with Crippen molar-refractivity contribution in [3.63, 3.8) is 0 Å². The van der Waals surface area contributed by atoms with E-state index in [4.69, 9.17) is 0 Å². The van der Waals surface area contributed by atoms with Crippen LogP contribution < -0.4 is 5.32 Å². The summed E-state index contributed by atoms with van der Waals surface area (Å²) in [5, 5.41) is 12.7. The molecular weight excluding hydrogens is 233 g/mol. The van der Waals surface area contributed by atoms with Crippen molar-refractivity contribution in [3.8, 4) is 0 Å². The molecule has 0 aromatic heterocycles. The largest absolute Gasteiger partial charge is 0.388 e. The van der Waals surface area contributed by atoms with E-state index in [1.165, 1.54) is 24.3 Å². The highest BCUT2D eigenvalue weighted by atomic mass is 19.1. The van der Waals surface area contributed by atoms with Gasteiger partial charge in [0.25, 0.3) is 0 Å². The third kappa shape index (κ3) is 4.84. The van der Waals surface area contributed by atoms with E-state index in [1.807, 2.05) is 13.8 Å². The molecule has 0 radical (unpaired) electrons. The molecule has 4 heteroatoms. The number of halogens is 1. The summed E-state index contributed by atoms with van der Waals surface area (Å²) in [6.07, 6.45) is 0.761. The Morgan fingerprint density at radius 1 is 1.39 bits per heavy atom. The monoisotopic (exact) mass is 253 g/mol. The lowest BCUT2D eigenvalue weighted by molar-refractivity contribution is -0.122. The van der Waals surface area contributed by atoms with Crippen LogP contribution in [0.5, 0.6) is 0 Å². The van der Waals surface area contributed by atoms with Gasteiger partial charge in [0.2, 0.25) is 5.91 Å². The van der Waals surface area contributed by atoms with Gasteiger partial charge in [-0.25, -0.2) is 4.39 Å². The maximum absolute atomic E-state index is 12.7. The smallest absolute Gasteiger partial charge is 0.220 e. The highest BCUT2D eigenvalue weighted by Crippen LogP contribution is 2.18. The topological polar surface area (TPSA) is 49.3 Å². The van der Waals surface area contributed by atoms with Gasteiger partial charge in [-0.2, -0.15) is 0 Å². The molecule has 100 valence electrons. The minimum atomic E-state index is -0.728. The summed E-state index contributed by atoms with van der Waals surface area (Å²) in [6.45, 7) is 3.94. The van der Waals surface area contributed by atoms with Gasteiger partial charge in [-0.3, -0.25) is 4.79 Å². The third-order valence-corrected chi connectivity index (χ3v) is 2.92. The molecule has 2 N–H and O–H groups in total. The fourth-order valence-electron chi connectivity index (χ4n) is 1.57. The Balaban J connectivity index is 2.39. The number of hydrogen-bond donors (Lipinski definition) is 2. The fraction of sp³-hybridized carbons (Fsp3) is 0.500. The summed E-state index contributed by atoms with van der Waals surface area (Å²) < 4.78 is 12.7. The predicted octanol–water partition coefficient (Wildman–Crippen LogP) is 2.55. The first-order valence-corrected chi connectivity index (χ1v) is 6.25. The van der Waals surface area contributed by atoms with Gasteiger partial charge < -0.3 is 10.4 Å². The van der Waals surface area contributed by atoms with E-state index in [2.05, 4.69) is 5.32 Å². The fourth-order valence-corrected chi connectivity index (χ4v) is 1.57. The zero-order valence-corrected chi connectivity index (χ0v) is 10.8. The number of amides is 1. The van der Waals surface area contributed by atoms with Gasteiger partial charge in [-0.1, -0.05) is 19.1 Å². The van der Waals surface area contributed by atoms with Crippen LogP contribution in [-0.2, 0) is 4.79 Å². The Kier molecular flexibility index (Phi) is 5.78. The Morgan fingerprint density at radius 3 is 2.56 bits per heavy atom. The molecule has 0 aliphatic heterocycles. The first kappa shape index (κ1) is 14.6. The van der Waals surface area contributed by atoms with Crippen LogP contribution in [0.3, 0.4) is 0 Å². The number of hydrogen-bond acceptors (Lipinski definition) is 2. The molecule has 2 unspecified atom stereocenters. The molecule has 1 aromatic carbocycles. The van der Waals surface area contributed by atoms with Crippen molar-refractivity contribution >= 4 is 5.91 Å². The van der Waals surface area contributed by atoms with Crippen molar-refractivity contribution in [2.24, 2.45) is 0 Å².